The van der Waals surface area contributed by atoms with Gasteiger partial charge in [-0.1, -0.05) is 80.6 Å². The first kappa shape index (κ1) is 38.5. The summed E-state index contributed by atoms with van der Waals surface area (Å²) < 4.78 is 23.0. The van der Waals surface area contributed by atoms with Crippen LogP contribution in [-0.2, 0) is 12.8 Å². The zero-order valence-electron chi connectivity index (χ0n) is 28.7. The Morgan fingerprint density at radius 2 is 1.33 bits per heavy atom. The molecule has 0 aliphatic heterocycles. The minimum absolute atomic E-state index is 0.0264. The summed E-state index contributed by atoms with van der Waals surface area (Å²) in [6.07, 6.45) is 14.4. The number of hydrogen-bond donors (Lipinski definition) is 1. The van der Waals surface area contributed by atoms with Gasteiger partial charge in [0.15, 0.2) is 5.78 Å². The fourth-order valence-corrected chi connectivity index (χ4v) is 6.12. The summed E-state index contributed by atoms with van der Waals surface area (Å²) in [7, 11) is -1.59. The summed E-state index contributed by atoms with van der Waals surface area (Å²) in [6, 6.07) is 27.7. The number of pyridine rings is 3. The first-order chi connectivity index (χ1) is 24.9. The number of benzene rings is 2. The Morgan fingerprint density at radius 3 is 1.84 bits per heavy atom. The highest BCUT2D eigenvalue weighted by Gasteiger charge is 2.31. The Labute approximate surface area is 301 Å². The molecule has 0 radical (unpaired) electrons. The van der Waals surface area contributed by atoms with Gasteiger partial charge in [0.2, 0.25) is 26.0 Å². The second kappa shape index (κ2) is 21.1. The summed E-state index contributed by atoms with van der Waals surface area (Å²) in [5.74, 6) is 1.59. The van der Waals surface area contributed by atoms with E-state index in [1.54, 1.807) is 93.1 Å². The molecule has 6 rings (SSSR count). The molecular weight excluding hydrogens is 682 g/mol. The number of aryl methyl sites for hydroxylation is 1. The maximum Gasteiger partial charge on any atom is 0.532 e. The van der Waals surface area contributed by atoms with E-state index in [4.69, 9.17) is 23.0 Å². The van der Waals surface area contributed by atoms with Crippen LogP contribution >= 0.6 is 17.0 Å². The van der Waals surface area contributed by atoms with Crippen molar-refractivity contribution in [3.05, 3.63) is 162 Å². The molecule has 1 N–H and O–H groups in total. The molecule has 0 saturated carbocycles. The monoisotopic (exact) mass is 722 g/mol. The lowest BCUT2D eigenvalue weighted by Gasteiger charge is -2.24. The molecule has 1 atom stereocenters. The average Bonchev–Trinajstić information content (AvgIpc) is 3.14. The van der Waals surface area contributed by atoms with Gasteiger partial charge < -0.3 is 23.0 Å². The molecule has 0 amide bonds. The molecule has 51 heavy (non-hydrogen) atoms. The van der Waals surface area contributed by atoms with Crippen molar-refractivity contribution in [1.82, 2.24) is 15.0 Å². The topological polar surface area (TPSA) is 125 Å². The number of hydrogen-bond acceptors (Lipinski definition) is 10. The molecule has 1 aliphatic rings. The number of ketones is 1. The second-order valence-electron chi connectivity index (χ2n) is 10.6. The van der Waals surface area contributed by atoms with Gasteiger partial charge in [-0.25, -0.2) is 15.0 Å². The van der Waals surface area contributed by atoms with Crippen molar-refractivity contribution in [2.45, 2.75) is 26.2 Å². The lowest BCUT2D eigenvalue weighted by atomic mass is 9.81. The number of nitrogens with zero attached hydrogens (tertiary/aromatic N) is 4. The number of carbonyl (C=O) groups excluding carboxylic acids is 1. The molecule has 1 unspecified atom stereocenters. The molecule has 12 heteroatoms. The quantitative estimate of drug-likeness (QED) is 0.0748. The van der Waals surface area contributed by atoms with Gasteiger partial charge in [-0.05, 0) is 59.9 Å². The summed E-state index contributed by atoms with van der Waals surface area (Å²) in [4.78, 5) is 38.5. The second-order valence-corrected chi connectivity index (χ2v) is 12.7. The van der Waals surface area contributed by atoms with Crippen LogP contribution in [-0.4, -0.2) is 45.6 Å². The third-order valence-electron chi connectivity index (χ3n) is 6.83. The third kappa shape index (κ3) is 12.2. The summed E-state index contributed by atoms with van der Waals surface area (Å²) in [6.45, 7) is 7.20. The Bertz CT molecular complexity index is 1840. The first-order valence-electron chi connectivity index (χ1n) is 16.1. The van der Waals surface area contributed by atoms with Gasteiger partial charge in [-0.3, -0.25) is 9.79 Å². The van der Waals surface area contributed by atoms with Gasteiger partial charge in [-0.2, -0.15) is 0 Å². The first-order valence-corrected chi connectivity index (χ1v) is 18.8. The predicted octanol–water partition coefficient (Wildman–Crippen LogP) is 9.15. The van der Waals surface area contributed by atoms with Gasteiger partial charge >= 0.3 is 8.60 Å². The van der Waals surface area contributed by atoms with Crippen LogP contribution in [0.15, 0.2) is 139 Å². The van der Waals surface area contributed by atoms with Crippen LogP contribution in [0.2, 0.25) is 0 Å². The lowest BCUT2D eigenvalue weighted by Crippen LogP contribution is -2.19. The van der Waals surface area contributed by atoms with E-state index in [0.29, 0.717) is 35.4 Å². The summed E-state index contributed by atoms with van der Waals surface area (Å²) >= 11 is 0. The molecule has 0 bridgehead atoms. The third-order valence-corrected chi connectivity index (χ3v) is 8.30. The molecule has 1 aliphatic carbocycles. The molecule has 10 nitrogen and oxygen atoms in total. The molecule has 0 saturated heterocycles. The summed E-state index contributed by atoms with van der Waals surface area (Å²) in [5, 5.41) is 0. The van der Waals surface area contributed by atoms with Crippen LogP contribution in [0.3, 0.4) is 0 Å². The maximum atomic E-state index is 13.7. The van der Waals surface area contributed by atoms with Crippen molar-refractivity contribution in [2.75, 3.05) is 13.7 Å². The van der Waals surface area contributed by atoms with Crippen molar-refractivity contribution >= 4 is 29.0 Å². The van der Waals surface area contributed by atoms with Gasteiger partial charge in [0.05, 0.1) is 5.56 Å². The van der Waals surface area contributed by atoms with E-state index >= 15 is 0 Å². The minimum Gasteiger partial charge on any atom is -0.430 e. The fraction of sp³-hybridized carbons (Fsp3) is 0.154. The standard InChI is InChI=1S/C27H23N2O4P.C6H8NO2P.C6H9N/c1-2-9-19-10-7-11-20-18-21-12-8-13-22(26(21)27(30)25(19)20)31-34(32-23-14-3-5-16-28-23)33-24-15-4-6-17-29-24;1-10(8)9-6-4-2-3-5-7-6;1-3-4-5-6-7-2/h3-8,10-17H,2,9,18H2,1H3;2-5,8H,1H3;3-6H,1H2,2H3/b;;5-4-,7-6?. The van der Waals surface area contributed by atoms with Gasteiger partial charge in [0.25, 0.3) is 0 Å². The largest absolute Gasteiger partial charge is 0.532 e. The molecule has 5 aromatic rings. The smallest absolute Gasteiger partial charge is 0.430 e. The number of allylic oxidation sites excluding steroid dienone is 3. The van der Waals surface area contributed by atoms with Crippen molar-refractivity contribution < 1.29 is 27.8 Å². The Balaban J connectivity index is 0.000000282. The molecule has 3 aromatic heterocycles. The maximum absolute atomic E-state index is 13.7. The van der Waals surface area contributed by atoms with Crippen LogP contribution in [0, 0.1) is 0 Å². The average molecular weight is 723 g/mol. The number of fused-ring (bicyclic) bond motifs is 2. The van der Waals surface area contributed by atoms with Crippen molar-refractivity contribution in [3.8, 4) is 23.4 Å². The molecule has 2 aromatic carbocycles. The molecular formula is C39H40N4O6P2. The van der Waals surface area contributed by atoms with E-state index in [-0.39, 0.29) is 5.78 Å². The van der Waals surface area contributed by atoms with Crippen molar-refractivity contribution in [2.24, 2.45) is 4.99 Å². The van der Waals surface area contributed by atoms with E-state index < -0.39 is 17.0 Å². The highest BCUT2D eigenvalue weighted by atomic mass is 31.2. The molecule has 0 fully saturated rings. The van der Waals surface area contributed by atoms with E-state index in [1.165, 1.54) is 0 Å². The van der Waals surface area contributed by atoms with Crippen LogP contribution in [0.4, 0.5) is 0 Å². The van der Waals surface area contributed by atoms with E-state index in [1.807, 2.05) is 54.6 Å². The zero-order chi connectivity index (χ0) is 36.3. The minimum atomic E-state index is -1.98. The predicted molar refractivity (Wildman–Crippen MR) is 204 cm³/mol. The Kier molecular flexibility index (Phi) is 15.9. The van der Waals surface area contributed by atoms with E-state index in [2.05, 4.69) is 33.4 Å². The Morgan fingerprint density at radius 1 is 0.765 bits per heavy atom. The van der Waals surface area contributed by atoms with E-state index in [0.717, 1.165) is 35.1 Å². The van der Waals surface area contributed by atoms with Gasteiger partial charge in [0.1, 0.15) is 5.75 Å². The number of rotatable bonds is 12. The normalized spacial score (nSPS) is 12.1. The highest BCUT2D eigenvalue weighted by molar-refractivity contribution is 7.45. The van der Waals surface area contributed by atoms with Crippen molar-refractivity contribution in [3.63, 3.8) is 0 Å². The SMILES string of the molecule is C=C/C=C\C=NC.CCCc1cccc2c1C(=O)c1c(cccc1OP(Oc1ccccn1)Oc1ccccn1)C2.CP(O)Oc1ccccn1. The van der Waals surface area contributed by atoms with Crippen LogP contribution in [0.1, 0.15) is 46.0 Å². The number of aromatic nitrogens is 3. The van der Waals surface area contributed by atoms with Crippen LogP contribution < -0.4 is 18.1 Å². The van der Waals surface area contributed by atoms with Crippen LogP contribution in [0.25, 0.3) is 0 Å². The van der Waals surface area contributed by atoms with E-state index in [9.17, 15) is 4.79 Å². The number of aliphatic imine (C=N–C) groups is 1. The molecule has 0 spiro atoms. The lowest BCUT2D eigenvalue weighted by molar-refractivity contribution is 0.103. The zero-order valence-corrected chi connectivity index (χ0v) is 30.5. The number of carbonyl (C=O) groups is 1. The highest BCUT2D eigenvalue weighted by Crippen LogP contribution is 2.44. The molecule has 3 heterocycles. The Hall–Kier alpha value is -5.27. The molecule has 262 valence electrons. The van der Waals surface area contributed by atoms with Crippen molar-refractivity contribution in [1.29, 1.82) is 0 Å². The van der Waals surface area contributed by atoms with Gasteiger partial charge in [0, 0.05) is 62.3 Å². The fourth-order valence-electron chi connectivity index (χ4n) is 4.80. The van der Waals surface area contributed by atoms with Gasteiger partial charge in [-0.15, -0.1) is 0 Å². The summed E-state index contributed by atoms with van der Waals surface area (Å²) in [5.41, 5.74) is 4.39. The van der Waals surface area contributed by atoms with Crippen LogP contribution in [0.5, 0.6) is 23.4 Å².